The molecular weight excluding hydrogens is 358 g/mol. The summed E-state index contributed by atoms with van der Waals surface area (Å²) in [6.07, 6.45) is 1.71. The van der Waals surface area contributed by atoms with Gasteiger partial charge >= 0.3 is 0 Å². The van der Waals surface area contributed by atoms with E-state index >= 15 is 0 Å². The van der Waals surface area contributed by atoms with Gasteiger partial charge in [-0.25, -0.2) is 0 Å². The first-order chi connectivity index (χ1) is 12.1. The number of benzene rings is 2. The zero-order valence-corrected chi connectivity index (χ0v) is 15.1. The first-order valence-electron chi connectivity index (χ1n) is 7.79. The monoisotopic (exact) mass is 373 g/mol. The van der Waals surface area contributed by atoms with Crippen molar-refractivity contribution in [2.75, 3.05) is 6.61 Å². The highest BCUT2D eigenvalue weighted by Crippen LogP contribution is 2.33. The fourth-order valence-corrected chi connectivity index (χ4v) is 3.52. The van der Waals surface area contributed by atoms with Gasteiger partial charge in [0.2, 0.25) is 0 Å². The van der Waals surface area contributed by atoms with Crippen molar-refractivity contribution in [3.05, 3.63) is 69.6 Å². The molecule has 0 bridgehead atoms. The second-order valence-electron chi connectivity index (χ2n) is 5.40. The number of halogens is 1. The van der Waals surface area contributed by atoms with Crippen LogP contribution in [0.4, 0.5) is 4.79 Å². The Kier molecular flexibility index (Phi) is 5.46. The van der Waals surface area contributed by atoms with E-state index in [4.69, 9.17) is 16.3 Å². The topological polar surface area (TPSA) is 46.6 Å². The highest BCUT2D eigenvalue weighted by molar-refractivity contribution is 8.18. The minimum Gasteiger partial charge on any atom is -0.494 e. The number of imide groups is 1. The molecule has 1 aliphatic rings. The van der Waals surface area contributed by atoms with E-state index in [1.54, 1.807) is 24.3 Å². The molecule has 4 nitrogen and oxygen atoms in total. The maximum Gasteiger partial charge on any atom is 0.293 e. The Hall–Kier alpha value is -2.24. The molecule has 0 aromatic heterocycles. The average Bonchev–Trinajstić information content (AvgIpc) is 2.83. The van der Waals surface area contributed by atoms with Gasteiger partial charge in [-0.3, -0.25) is 14.5 Å². The first-order valence-corrected chi connectivity index (χ1v) is 8.99. The fourth-order valence-electron chi connectivity index (χ4n) is 2.47. The van der Waals surface area contributed by atoms with Gasteiger partial charge in [-0.15, -0.1) is 0 Å². The zero-order chi connectivity index (χ0) is 17.8. The van der Waals surface area contributed by atoms with Gasteiger partial charge in [0.15, 0.2) is 0 Å². The summed E-state index contributed by atoms with van der Waals surface area (Å²) in [6, 6.07) is 14.6. The highest BCUT2D eigenvalue weighted by atomic mass is 35.5. The van der Waals surface area contributed by atoms with Crippen LogP contribution in [-0.2, 0) is 11.3 Å². The number of hydrogen-bond acceptors (Lipinski definition) is 4. The number of thioether (sulfide) groups is 1. The molecule has 0 spiro atoms. The number of nitrogens with zero attached hydrogens (tertiary/aromatic N) is 1. The van der Waals surface area contributed by atoms with Crippen LogP contribution in [0.3, 0.4) is 0 Å². The van der Waals surface area contributed by atoms with Crippen molar-refractivity contribution >= 4 is 40.6 Å². The largest absolute Gasteiger partial charge is 0.494 e. The van der Waals surface area contributed by atoms with Crippen LogP contribution < -0.4 is 4.74 Å². The Morgan fingerprint density at radius 1 is 1.16 bits per heavy atom. The van der Waals surface area contributed by atoms with Gasteiger partial charge in [0.25, 0.3) is 11.1 Å². The van der Waals surface area contributed by atoms with Crippen LogP contribution in [0, 0.1) is 0 Å². The van der Waals surface area contributed by atoms with Crippen molar-refractivity contribution in [3.63, 3.8) is 0 Å². The quantitative estimate of drug-likeness (QED) is 0.694. The lowest BCUT2D eigenvalue weighted by atomic mass is 10.2. The molecule has 1 heterocycles. The van der Waals surface area contributed by atoms with E-state index in [0.29, 0.717) is 16.5 Å². The fraction of sp³-hybridized carbons (Fsp3) is 0.158. The van der Waals surface area contributed by atoms with Crippen molar-refractivity contribution in [3.8, 4) is 5.75 Å². The average molecular weight is 374 g/mol. The van der Waals surface area contributed by atoms with E-state index in [1.807, 2.05) is 37.3 Å². The number of ether oxygens (including phenoxy) is 1. The number of carbonyl (C=O) groups excluding carboxylic acids is 2. The van der Waals surface area contributed by atoms with Gasteiger partial charge in [-0.2, -0.15) is 0 Å². The Balaban J connectivity index is 1.79. The van der Waals surface area contributed by atoms with Crippen molar-refractivity contribution < 1.29 is 14.3 Å². The molecular formula is C19H16ClNO3S. The maximum absolute atomic E-state index is 12.6. The van der Waals surface area contributed by atoms with Crippen LogP contribution in [0.1, 0.15) is 18.1 Å². The normalized spacial score (nSPS) is 15.9. The van der Waals surface area contributed by atoms with E-state index in [9.17, 15) is 9.59 Å². The highest BCUT2D eigenvalue weighted by Gasteiger charge is 2.34. The van der Waals surface area contributed by atoms with E-state index in [1.165, 1.54) is 4.90 Å². The molecule has 1 aliphatic heterocycles. The van der Waals surface area contributed by atoms with Crippen molar-refractivity contribution in [1.29, 1.82) is 0 Å². The van der Waals surface area contributed by atoms with E-state index in [0.717, 1.165) is 28.6 Å². The summed E-state index contributed by atoms with van der Waals surface area (Å²) in [5.41, 5.74) is 1.63. The summed E-state index contributed by atoms with van der Waals surface area (Å²) in [6.45, 7) is 2.69. The van der Waals surface area contributed by atoms with Crippen LogP contribution in [-0.4, -0.2) is 22.7 Å². The minimum atomic E-state index is -0.295. The maximum atomic E-state index is 12.6. The smallest absolute Gasteiger partial charge is 0.293 e. The predicted molar refractivity (Wildman–Crippen MR) is 101 cm³/mol. The van der Waals surface area contributed by atoms with Crippen molar-refractivity contribution in [1.82, 2.24) is 4.90 Å². The molecule has 2 aromatic rings. The van der Waals surface area contributed by atoms with Gasteiger partial charge in [0.1, 0.15) is 5.75 Å². The van der Waals surface area contributed by atoms with Gasteiger partial charge < -0.3 is 4.74 Å². The number of amides is 2. The molecule has 3 rings (SSSR count). The third kappa shape index (κ3) is 4.24. The Bertz CT molecular complexity index is 850. The second-order valence-corrected chi connectivity index (χ2v) is 6.83. The molecule has 6 heteroatoms. The molecule has 25 heavy (non-hydrogen) atoms. The first kappa shape index (κ1) is 17.6. The number of hydrogen-bond donors (Lipinski definition) is 0. The van der Waals surface area contributed by atoms with Crippen LogP contribution in [0.2, 0.25) is 5.02 Å². The predicted octanol–water partition coefficient (Wildman–Crippen LogP) is 4.98. The van der Waals surface area contributed by atoms with E-state index < -0.39 is 0 Å². The lowest BCUT2D eigenvalue weighted by Gasteiger charge is -2.12. The molecule has 0 unspecified atom stereocenters. The summed E-state index contributed by atoms with van der Waals surface area (Å²) in [5.74, 6) is 0.436. The SMILES string of the molecule is CCOc1cccc(/C=C2\SC(=O)N(Cc3cccc(Cl)c3)C2=O)c1. The summed E-state index contributed by atoms with van der Waals surface area (Å²) < 4.78 is 5.46. The van der Waals surface area contributed by atoms with Gasteiger partial charge in [-0.1, -0.05) is 35.9 Å². The van der Waals surface area contributed by atoms with E-state index in [-0.39, 0.29) is 17.7 Å². The Morgan fingerprint density at radius 2 is 1.96 bits per heavy atom. The molecule has 0 N–H and O–H groups in total. The minimum absolute atomic E-state index is 0.210. The van der Waals surface area contributed by atoms with Crippen LogP contribution in [0.5, 0.6) is 5.75 Å². The standard InChI is InChI=1S/C19H16ClNO3S/c1-2-24-16-8-4-5-13(10-16)11-17-18(22)21(19(23)25-17)12-14-6-3-7-15(20)9-14/h3-11H,2,12H2,1H3/b17-11-. The molecule has 0 aliphatic carbocycles. The summed E-state index contributed by atoms with van der Waals surface area (Å²) in [4.78, 5) is 26.4. The van der Waals surface area contributed by atoms with Gasteiger partial charge in [-0.05, 0) is 60.2 Å². The van der Waals surface area contributed by atoms with Gasteiger partial charge in [0.05, 0.1) is 18.1 Å². The second kappa shape index (κ2) is 7.76. The molecule has 0 radical (unpaired) electrons. The number of rotatable bonds is 5. The van der Waals surface area contributed by atoms with Crippen LogP contribution in [0.25, 0.3) is 6.08 Å². The molecule has 128 valence electrons. The van der Waals surface area contributed by atoms with Crippen LogP contribution >= 0.6 is 23.4 Å². The van der Waals surface area contributed by atoms with Gasteiger partial charge in [0, 0.05) is 5.02 Å². The Labute approximate surface area is 155 Å². The summed E-state index contributed by atoms with van der Waals surface area (Å²) >= 11 is 6.91. The molecule has 1 saturated heterocycles. The summed E-state index contributed by atoms with van der Waals surface area (Å²) in [7, 11) is 0. The molecule has 1 fully saturated rings. The zero-order valence-electron chi connectivity index (χ0n) is 13.6. The molecule has 0 saturated carbocycles. The van der Waals surface area contributed by atoms with Crippen molar-refractivity contribution in [2.24, 2.45) is 0 Å². The molecule has 2 amide bonds. The van der Waals surface area contributed by atoms with Crippen molar-refractivity contribution in [2.45, 2.75) is 13.5 Å². The van der Waals surface area contributed by atoms with Crippen LogP contribution in [0.15, 0.2) is 53.4 Å². The third-order valence-electron chi connectivity index (χ3n) is 3.57. The third-order valence-corrected chi connectivity index (χ3v) is 4.71. The molecule has 0 atom stereocenters. The summed E-state index contributed by atoms with van der Waals surface area (Å²) in [5, 5.41) is 0.296. The Morgan fingerprint density at radius 3 is 2.72 bits per heavy atom. The lowest BCUT2D eigenvalue weighted by molar-refractivity contribution is -0.123. The molecule has 2 aromatic carbocycles. The van der Waals surface area contributed by atoms with E-state index in [2.05, 4.69) is 0 Å². The lowest BCUT2D eigenvalue weighted by Crippen LogP contribution is -2.27. The number of carbonyl (C=O) groups is 2.